The van der Waals surface area contributed by atoms with Crippen molar-refractivity contribution in [1.29, 1.82) is 0 Å². The van der Waals surface area contributed by atoms with Crippen molar-refractivity contribution < 1.29 is 19.2 Å². The lowest BCUT2D eigenvalue weighted by Crippen LogP contribution is -2.30. The van der Waals surface area contributed by atoms with Crippen LogP contribution in [0.3, 0.4) is 0 Å². The molecule has 0 heterocycles. The van der Waals surface area contributed by atoms with Crippen LogP contribution in [0.15, 0.2) is 48.5 Å². The number of rotatable bonds is 7. The van der Waals surface area contributed by atoms with E-state index in [1.54, 1.807) is 6.92 Å². The number of nitro benzene ring substituents is 1. The normalized spacial score (nSPS) is 11.5. The molecule has 0 bridgehead atoms. The van der Waals surface area contributed by atoms with Gasteiger partial charge in [-0.15, -0.1) is 0 Å². The van der Waals surface area contributed by atoms with Gasteiger partial charge in [-0.3, -0.25) is 19.7 Å². The Hall–Kier alpha value is -3.22. The highest BCUT2D eigenvalue weighted by atomic mass is 16.6. The van der Waals surface area contributed by atoms with E-state index in [9.17, 15) is 19.7 Å². The highest BCUT2D eigenvalue weighted by Gasteiger charge is 2.21. The first-order chi connectivity index (χ1) is 12.4. The van der Waals surface area contributed by atoms with Crippen molar-refractivity contribution in [2.24, 2.45) is 0 Å². The zero-order valence-electron chi connectivity index (χ0n) is 14.6. The summed E-state index contributed by atoms with van der Waals surface area (Å²) >= 11 is 0. The fourth-order valence-electron chi connectivity index (χ4n) is 2.44. The topological polar surface area (TPSA) is 98.5 Å². The number of benzene rings is 2. The maximum atomic E-state index is 12.5. The number of nitrogens with one attached hydrogen (secondary N) is 1. The summed E-state index contributed by atoms with van der Waals surface area (Å²) in [5, 5.41) is 13.6. The Morgan fingerprint density at radius 3 is 2.50 bits per heavy atom. The number of carbonyl (C=O) groups is 2. The second-order valence-electron chi connectivity index (χ2n) is 5.75. The molecule has 0 radical (unpaired) electrons. The smallest absolute Gasteiger partial charge is 0.308 e. The first-order valence-electron chi connectivity index (χ1n) is 8.18. The van der Waals surface area contributed by atoms with E-state index in [1.165, 1.54) is 24.3 Å². The molecule has 7 nitrogen and oxygen atoms in total. The summed E-state index contributed by atoms with van der Waals surface area (Å²) in [6.07, 6.45) is -0.0302. The molecule has 1 amide bonds. The summed E-state index contributed by atoms with van der Waals surface area (Å²) in [6.45, 7) is 3.89. The Morgan fingerprint density at radius 1 is 1.19 bits per heavy atom. The van der Waals surface area contributed by atoms with Crippen LogP contribution in [0, 0.1) is 17.0 Å². The van der Waals surface area contributed by atoms with Crippen molar-refractivity contribution in [3.05, 3.63) is 75.3 Å². The van der Waals surface area contributed by atoms with E-state index < -0.39 is 22.8 Å². The number of carbonyl (C=O) groups excluding carboxylic acids is 2. The van der Waals surface area contributed by atoms with Gasteiger partial charge < -0.3 is 10.1 Å². The minimum Gasteiger partial charge on any atom is -0.466 e. The predicted octanol–water partition coefficient (Wildman–Crippen LogP) is 3.33. The van der Waals surface area contributed by atoms with Gasteiger partial charge in [-0.1, -0.05) is 35.9 Å². The maximum Gasteiger partial charge on any atom is 0.308 e. The van der Waals surface area contributed by atoms with Gasteiger partial charge in [-0.25, -0.2) is 0 Å². The van der Waals surface area contributed by atoms with Crippen LogP contribution in [-0.4, -0.2) is 23.4 Å². The van der Waals surface area contributed by atoms with Gasteiger partial charge in [0.25, 0.3) is 11.6 Å². The van der Waals surface area contributed by atoms with Crippen LogP contribution in [0.2, 0.25) is 0 Å². The second-order valence-corrected chi connectivity index (χ2v) is 5.75. The fraction of sp³-hybridized carbons (Fsp3) is 0.263. The molecular formula is C19H20N2O5. The van der Waals surface area contributed by atoms with Gasteiger partial charge in [0.2, 0.25) is 0 Å². The zero-order chi connectivity index (χ0) is 19.1. The van der Waals surface area contributed by atoms with Gasteiger partial charge in [0.05, 0.1) is 24.0 Å². The van der Waals surface area contributed by atoms with Crippen molar-refractivity contribution in [1.82, 2.24) is 5.32 Å². The van der Waals surface area contributed by atoms with Gasteiger partial charge >= 0.3 is 5.97 Å². The third kappa shape index (κ3) is 5.14. The number of nitro groups is 1. The molecule has 0 aliphatic heterocycles. The molecule has 26 heavy (non-hydrogen) atoms. The average Bonchev–Trinajstić information content (AvgIpc) is 2.62. The van der Waals surface area contributed by atoms with E-state index in [-0.39, 0.29) is 24.3 Å². The van der Waals surface area contributed by atoms with Gasteiger partial charge in [0.15, 0.2) is 0 Å². The number of esters is 1. The van der Waals surface area contributed by atoms with E-state index in [0.29, 0.717) is 0 Å². The molecule has 0 aromatic heterocycles. The van der Waals surface area contributed by atoms with Crippen LogP contribution in [-0.2, 0) is 9.53 Å². The number of hydrogen-bond donors (Lipinski definition) is 1. The first kappa shape index (κ1) is 19.1. The summed E-state index contributed by atoms with van der Waals surface area (Å²) in [7, 11) is 0. The van der Waals surface area contributed by atoms with Crippen molar-refractivity contribution in [3.63, 3.8) is 0 Å². The molecule has 2 aromatic carbocycles. The second kappa shape index (κ2) is 8.75. The number of nitrogens with zero attached hydrogens (tertiary/aromatic N) is 1. The number of amides is 1. The predicted molar refractivity (Wildman–Crippen MR) is 95.7 cm³/mol. The molecule has 2 rings (SSSR count). The summed E-state index contributed by atoms with van der Waals surface area (Å²) in [5.74, 6) is -0.930. The molecule has 0 fully saturated rings. The van der Waals surface area contributed by atoms with Crippen LogP contribution in [0.5, 0.6) is 0 Å². The molecule has 2 aromatic rings. The molecular weight excluding hydrogens is 336 g/mol. The summed E-state index contributed by atoms with van der Waals surface area (Å²) < 4.78 is 4.98. The molecule has 0 saturated heterocycles. The lowest BCUT2D eigenvalue weighted by Gasteiger charge is -2.19. The van der Waals surface area contributed by atoms with Crippen molar-refractivity contribution in [2.45, 2.75) is 26.3 Å². The Kier molecular flexibility index (Phi) is 6.43. The lowest BCUT2D eigenvalue weighted by molar-refractivity contribution is -0.384. The lowest BCUT2D eigenvalue weighted by atomic mass is 10.0. The average molecular weight is 356 g/mol. The molecule has 1 unspecified atom stereocenters. The quantitative estimate of drug-likeness (QED) is 0.466. The summed E-state index contributed by atoms with van der Waals surface area (Å²) in [6, 6.07) is 12.3. The van der Waals surface area contributed by atoms with Crippen LogP contribution in [0.25, 0.3) is 0 Å². The van der Waals surface area contributed by atoms with Crippen LogP contribution >= 0.6 is 0 Å². The maximum absolute atomic E-state index is 12.5. The molecule has 1 atom stereocenters. The third-order valence-corrected chi connectivity index (χ3v) is 3.78. The summed E-state index contributed by atoms with van der Waals surface area (Å²) in [5.41, 5.74) is 1.78. The van der Waals surface area contributed by atoms with Gasteiger partial charge in [0.1, 0.15) is 0 Å². The Morgan fingerprint density at radius 2 is 1.88 bits per heavy atom. The van der Waals surface area contributed by atoms with Crippen LogP contribution < -0.4 is 5.32 Å². The molecule has 0 aliphatic rings. The molecule has 1 N–H and O–H groups in total. The minimum atomic E-state index is -0.596. The number of hydrogen-bond acceptors (Lipinski definition) is 5. The minimum absolute atomic E-state index is 0.0302. The number of non-ortho nitro benzene ring substituents is 1. The molecule has 7 heteroatoms. The standard InChI is InChI=1S/C19H20N2O5/c1-3-26-18(22)12-17(14-9-7-13(2)8-10-14)20-19(23)15-5-4-6-16(11-15)21(24)25/h4-11,17H,3,12H2,1-2H3,(H,20,23). The van der Waals surface area contributed by atoms with E-state index >= 15 is 0 Å². The Balaban J connectivity index is 2.23. The first-order valence-corrected chi connectivity index (χ1v) is 8.18. The van der Waals surface area contributed by atoms with Crippen molar-refractivity contribution in [3.8, 4) is 0 Å². The molecule has 0 spiro atoms. The third-order valence-electron chi connectivity index (χ3n) is 3.78. The highest BCUT2D eigenvalue weighted by molar-refractivity contribution is 5.95. The van der Waals surface area contributed by atoms with Crippen LogP contribution in [0.1, 0.15) is 40.9 Å². The Labute approximate surface area is 151 Å². The SMILES string of the molecule is CCOC(=O)CC(NC(=O)c1cccc([N+](=O)[O-])c1)c1ccc(C)cc1. The molecule has 0 saturated carbocycles. The van der Waals surface area contributed by atoms with Gasteiger partial charge in [0, 0.05) is 17.7 Å². The van der Waals surface area contributed by atoms with Crippen LogP contribution in [0.4, 0.5) is 5.69 Å². The van der Waals surface area contributed by atoms with Crippen molar-refractivity contribution >= 4 is 17.6 Å². The van der Waals surface area contributed by atoms with E-state index in [1.807, 2.05) is 31.2 Å². The van der Waals surface area contributed by atoms with E-state index in [0.717, 1.165) is 11.1 Å². The van der Waals surface area contributed by atoms with Crippen molar-refractivity contribution in [2.75, 3.05) is 6.61 Å². The zero-order valence-corrected chi connectivity index (χ0v) is 14.6. The van der Waals surface area contributed by atoms with E-state index in [4.69, 9.17) is 4.74 Å². The monoisotopic (exact) mass is 356 g/mol. The summed E-state index contributed by atoms with van der Waals surface area (Å²) in [4.78, 5) is 34.7. The number of ether oxygens (including phenoxy) is 1. The highest BCUT2D eigenvalue weighted by Crippen LogP contribution is 2.20. The van der Waals surface area contributed by atoms with Gasteiger partial charge in [-0.05, 0) is 25.5 Å². The largest absolute Gasteiger partial charge is 0.466 e. The van der Waals surface area contributed by atoms with Gasteiger partial charge in [-0.2, -0.15) is 0 Å². The number of aryl methyl sites for hydroxylation is 1. The Bertz CT molecular complexity index is 802. The fourth-order valence-corrected chi connectivity index (χ4v) is 2.44. The molecule has 0 aliphatic carbocycles. The van der Waals surface area contributed by atoms with E-state index in [2.05, 4.69) is 5.32 Å². The molecule has 136 valence electrons.